The minimum absolute atomic E-state index is 0.453. The van der Waals surface area contributed by atoms with Gasteiger partial charge in [0.05, 0.1) is 46.6 Å². The van der Waals surface area contributed by atoms with Gasteiger partial charge in [0.1, 0.15) is 0 Å². The number of hydrogen-bond donors (Lipinski definition) is 0. The molecule has 0 amide bonds. The highest BCUT2D eigenvalue weighted by Gasteiger charge is 2.25. The highest BCUT2D eigenvalue weighted by atomic mass is 31.2. The average molecular weight is 393 g/mol. The molecule has 0 aliphatic heterocycles. The fraction of sp³-hybridized carbons (Fsp3) is 1.00. The average Bonchev–Trinajstić information content (AvgIpc) is 2.56. The highest BCUT2D eigenvalue weighted by molar-refractivity contribution is 7.53. The Balaban J connectivity index is 3.73. The van der Waals surface area contributed by atoms with Crippen LogP contribution in [0.3, 0.4) is 0 Å². The third-order valence-corrected chi connectivity index (χ3v) is 7.13. The molecule has 0 fully saturated rings. The smallest absolute Gasteiger partial charge is 0.328 e. The lowest BCUT2D eigenvalue weighted by Gasteiger charge is -2.30. The van der Waals surface area contributed by atoms with E-state index >= 15 is 0 Å². The standard InChI is InChI=1S/C21H47NO3P/c1-6-9-10-11-12-13-14-15-16-17-19-22(4,5)20-18-21-26(23,24-7-2)25-8-3/h6-21H2,1-5H3/q+1. The molecule has 0 saturated heterocycles. The molecule has 0 bridgehead atoms. The molecule has 0 aromatic heterocycles. The lowest BCUT2D eigenvalue weighted by Crippen LogP contribution is -2.41. The summed E-state index contributed by atoms with van der Waals surface area (Å²) in [4.78, 5) is 0. The van der Waals surface area contributed by atoms with E-state index in [0.717, 1.165) is 17.4 Å². The summed E-state index contributed by atoms with van der Waals surface area (Å²) < 4.78 is 24.2. The molecule has 0 spiro atoms. The van der Waals surface area contributed by atoms with Gasteiger partial charge in [0.25, 0.3) is 0 Å². The summed E-state index contributed by atoms with van der Waals surface area (Å²) in [5.41, 5.74) is 0. The van der Waals surface area contributed by atoms with Crippen molar-refractivity contribution in [3.63, 3.8) is 0 Å². The molecule has 0 N–H and O–H groups in total. The minimum atomic E-state index is -2.87. The molecule has 4 nitrogen and oxygen atoms in total. The molecule has 0 saturated carbocycles. The second kappa shape index (κ2) is 16.1. The predicted octanol–water partition coefficient (Wildman–Crippen LogP) is 6.64. The van der Waals surface area contributed by atoms with Crippen molar-refractivity contribution in [1.82, 2.24) is 0 Å². The molecule has 0 radical (unpaired) electrons. The summed E-state index contributed by atoms with van der Waals surface area (Å²) in [7, 11) is 1.69. The van der Waals surface area contributed by atoms with Crippen LogP contribution in [0.1, 0.15) is 91.4 Å². The van der Waals surface area contributed by atoms with Crippen LogP contribution in [0.5, 0.6) is 0 Å². The number of rotatable bonds is 19. The maximum absolute atomic E-state index is 12.5. The fourth-order valence-electron chi connectivity index (χ4n) is 3.39. The molecular formula is C21H47NO3P+. The molecule has 0 aromatic carbocycles. The molecule has 26 heavy (non-hydrogen) atoms. The Morgan fingerprint density at radius 2 is 1.08 bits per heavy atom. The Bertz CT molecular complexity index is 351. The molecule has 0 aromatic rings. The number of nitrogens with zero attached hydrogens (tertiary/aromatic N) is 1. The summed E-state index contributed by atoms with van der Waals surface area (Å²) in [6, 6.07) is 0. The van der Waals surface area contributed by atoms with E-state index in [1.807, 2.05) is 13.8 Å². The molecule has 0 unspecified atom stereocenters. The lowest BCUT2D eigenvalue weighted by atomic mass is 10.1. The van der Waals surface area contributed by atoms with Crippen molar-refractivity contribution < 1.29 is 18.1 Å². The zero-order valence-corrected chi connectivity index (χ0v) is 19.3. The van der Waals surface area contributed by atoms with E-state index in [0.29, 0.717) is 19.4 Å². The van der Waals surface area contributed by atoms with Crippen LogP contribution in [0.2, 0.25) is 0 Å². The van der Waals surface area contributed by atoms with E-state index in [9.17, 15) is 4.57 Å². The topological polar surface area (TPSA) is 35.5 Å². The van der Waals surface area contributed by atoms with E-state index in [4.69, 9.17) is 9.05 Å². The van der Waals surface area contributed by atoms with E-state index < -0.39 is 7.60 Å². The van der Waals surface area contributed by atoms with Gasteiger partial charge >= 0.3 is 7.60 Å². The Morgan fingerprint density at radius 3 is 1.54 bits per heavy atom. The third-order valence-electron chi connectivity index (χ3n) is 4.96. The largest absolute Gasteiger partial charge is 0.330 e. The maximum atomic E-state index is 12.5. The summed E-state index contributed by atoms with van der Waals surface area (Å²) in [6.45, 7) is 9.15. The van der Waals surface area contributed by atoms with Crippen molar-refractivity contribution in [1.29, 1.82) is 0 Å². The van der Waals surface area contributed by atoms with Crippen LogP contribution in [-0.2, 0) is 13.6 Å². The monoisotopic (exact) mass is 392 g/mol. The van der Waals surface area contributed by atoms with E-state index in [-0.39, 0.29) is 0 Å². The van der Waals surface area contributed by atoms with Crippen LogP contribution in [-0.4, -0.2) is 51.0 Å². The van der Waals surface area contributed by atoms with E-state index in [2.05, 4.69) is 21.0 Å². The van der Waals surface area contributed by atoms with Crippen LogP contribution in [0.25, 0.3) is 0 Å². The SMILES string of the molecule is CCCCCCCCCCCC[N+](C)(C)CCCP(=O)(OCC)OCC. The zero-order chi connectivity index (χ0) is 19.7. The van der Waals surface area contributed by atoms with Gasteiger partial charge in [-0.15, -0.1) is 0 Å². The first-order valence-electron chi connectivity index (χ1n) is 11.1. The van der Waals surface area contributed by atoms with Gasteiger partial charge in [-0.3, -0.25) is 4.57 Å². The molecule has 0 heterocycles. The van der Waals surface area contributed by atoms with Gasteiger partial charge in [-0.25, -0.2) is 0 Å². The van der Waals surface area contributed by atoms with Crippen LogP contribution >= 0.6 is 7.60 Å². The van der Waals surface area contributed by atoms with Crippen molar-refractivity contribution in [2.24, 2.45) is 0 Å². The first kappa shape index (κ1) is 26.1. The van der Waals surface area contributed by atoms with Gasteiger partial charge in [0.15, 0.2) is 0 Å². The Hall–Kier alpha value is 0.110. The summed E-state index contributed by atoms with van der Waals surface area (Å²) in [5, 5.41) is 0. The molecule has 0 atom stereocenters. The fourth-order valence-corrected chi connectivity index (χ4v) is 5.04. The molecule has 0 aliphatic carbocycles. The number of hydrogen-bond acceptors (Lipinski definition) is 3. The molecular weight excluding hydrogens is 345 g/mol. The van der Waals surface area contributed by atoms with Gasteiger partial charge in [0.2, 0.25) is 0 Å². The first-order valence-corrected chi connectivity index (χ1v) is 12.8. The number of unbranched alkanes of at least 4 members (excludes halogenated alkanes) is 9. The minimum Gasteiger partial charge on any atom is -0.328 e. The maximum Gasteiger partial charge on any atom is 0.330 e. The zero-order valence-electron chi connectivity index (χ0n) is 18.4. The van der Waals surface area contributed by atoms with Crippen LogP contribution in [0.4, 0.5) is 0 Å². The Labute approximate surface area is 164 Å². The summed E-state index contributed by atoms with van der Waals surface area (Å²) >= 11 is 0. The van der Waals surface area contributed by atoms with Crippen molar-refractivity contribution in [2.45, 2.75) is 91.4 Å². The Kier molecular flexibility index (Phi) is 16.2. The van der Waals surface area contributed by atoms with Gasteiger partial charge in [0, 0.05) is 6.42 Å². The van der Waals surface area contributed by atoms with Crippen LogP contribution in [0, 0.1) is 0 Å². The molecule has 5 heteroatoms. The van der Waals surface area contributed by atoms with Gasteiger partial charge in [-0.05, 0) is 26.7 Å². The summed E-state index contributed by atoms with van der Waals surface area (Å²) in [6.07, 6.45) is 15.2. The molecule has 0 rings (SSSR count). The quantitative estimate of drug-likeness (QED) is 0.140. The molecule has 158 valence electrons. The van der Waals surface area contributed by atoms with Gasteiger partial charge in [-0.1, -0.05) is 58.3 Å². The predicted molar refractivity (Wildman–Crippen MR) is 114 cm³/mol. The van der Waals surface area contributed by atoms with E-state index in [1.54, 1.807) is 0 Å². The van der Waals surface area contributed by atoms with Crippen molar-refractivity contribution in [3.8, 4) is 0 Å². The van der Waals surface area contributed by atoms with Crippen LogP contribution in [0.15, 0.2) is 0 Å². The summed E-state index contributed by atoms with van der Waals surface area (Å²) in [5.74, 6) is 0. The van der Waals surface area contributed by atoms with Crippen LogP contribution < -0.4 is 0 Å². The van der Waals surface area contributed by atoms with Gasteiger partial charge < -0.3 is 13.5 Å². The Morgan fingerprint density at radius 1 is 0.654 bits per heavy atom. The van der Waals surface area contributed by atoms with E-state index in [1.165, 1.54) is 70.8 Å². The highest BCUT2D eigenvalue weighted by Crippen LogP contribution is 2.48. The normalized spacial score (nSPS) is 12.7. The molecule has 0 aliphatic rings. The third kappa shape index (κ3) is 15.2. The van der Waals surface area contributed by atoms with Gasteiger partial charge in [-0.2, -0.15) is 0 Å². The van der Waals surface area contributed by atoms with Crippen molar-refractivity contribution in [2.75, 3.05) is 46.6 Å². The van der Waals surface area contributed by atoms with Crippen molar-refractivity contribution in [3.05, 3.63) is 0 Å². The second-order valence-electron chi connectivity index (χ2n) is 8.09. The first-order chi connectivity index (χ1) is 12.4. The lowest BCUT2D eigenvalue weighted by molar-refractivity contribution is -0.890. The van der Waals surface area contributed by atoms with Crippen molar-refractivity contribution >= 4 is 7.60 Å². The second-order valence-corrected chi connectivity index (χ2v) is 10.3. The number of quaternary nitrogens is 1.